The van der Waals surface area contributed by atoms with E-state index in [4.69, 9.17) is 9.41 Å². The summed E-state index contributed by atoms with van der Waals surface area (Å²) in [5.41, 5.74) is 1.91. The van der Waals surface area contributed by atoms with Gasteiger partial charge in [-0.05, 0) is 30.2 Å². The molecule has 1 saturated heterocycles. The van der Waals surface area contributed by atoms with Crippen LogP contribution in [0.2, 0.25) is 0 Å². The molecule has 27 heavy (non-hydrogen) atoms. The molecule has 3 rings (SSSR count). The standard InChI is InChI=1S/C20H26N4O3/c1-2-21-20(22-14-16-6-3-4-7-17(16)15-25)24-11-9-23(10-12-24)19(26)18-8-5-13-27-18/h3-8,13,25H,2,9-12,14-15H2,1H3,(H,21,22). The Labute approximate surface area is 159 Å². The van der Waals surface area contributed by atoms with Gasteiger partial charge in [-0.15, -0.1) is 0 Å². The summed E-state index contributed by atoms with van der Waals surface area (Å²) in [7, 11) is 0. The molecule has 1 aliphatic heterocycles. The summed E-state index contributed by atoms with van der Waals surface area (Å²) in [6.07, 6.45) is 1.52. The van der Waals surface area contributed by atoms with Crippen LogP contribution < -0.4 is 5.32 Å². The molecule has 7 heteroatoms. The van der Waals surface area contributed by atoms with Crippen molar-refractivity contribution in [3.63, 3.8) is 0 Å². The van der Waals surface area contributed by atoms with Gasteiger partial charge in [0.2, 0.25) is 0 Å². The van der Waals surface area contributed by atoms with Crippen LogP contribution in [0, 0.1) is 0 Å². The molecule has 0 atom stereocenters. The summed E-state index contributed by atoms with van der Waals surface area (Å²) in [6.45, 7) is 5.98. The Morgan fingerprint density at radius 3 is 2.44 bits per heavy atom. The van der Waals surface area contributed by atoms with E-state index in [1.165, 1.54) is 6.26 Å². The van der Waals surface area contributed by atoms with E-state index in [9.17, 15) is 9.90 Å². The van der Waals surface area contributed by atoms with Gasteiger partial charge in [0.15, 0.2) is 11.7 Å². The lowest BCUT2D eigenvalue weighted by Gasteiger charge is -2.36. The van der Waals surface area contributed by atoms with Crippen LogP contribution >= 0.6 is 0 Å². The molecule has 1 aromatic heterocycles. The smallest absolute Gasteiger partial charge is 0.289 e. The first-order chi connectivity index (χ1) is 13.2. The van der Waals surface area contributed by atoms with E-state index in [1.807, 2.05) is 31.2 Å². The van der Waals surface area contributed by atoms with Crippen molar-refractivity contribution >= 4 is 11.9 Å². The van der Waals surface area contributed by atoms with Crippen molar-refractivity contribution in [2.45, 2.75) is 20.1 Å². The number of piperazine rings is 1. The van der Waals surface area contributed by atoms with Gasteiger partial charge < -0.3 is 24.6 Å². The van der Waals surface area contributed by atoms with E-state index in [2.05, 4.69) is 10.2 Å². The highest BCUT2D eigenvalue weighted by Crippen LogP contribution is 2.12. The number of hydrogen-bond acceptors (Lipinski definition) is 4. The Morgan fingerprint density at radius 1 is 1.11 bits per heavy atom. The lowest BCUT2D eigenvalue weighted by Crippen LogP contribution is -2.53. The minimum Gasteiger partial charge on any atom is -0.459 e. The SMILES string of the molecule is CCNC(=NCc1ccccc1CO)N1CCN(C(=O)c2ccco2)CC1. The zero-order valence-corrected chi connectivity index (χ0v) is 15.6. The Morgan fingerprint density at radius 2 is 1.81 bits per heavy atom. The number of carbonyl (C=O) groups is 1. The lowest BCUT2D eigenvalue weighted by atomic mass is 10.1. The first-order valence-corrected chi connectivity index (χ1v) is 9.26. The Kier molecular flexibility index (Phi) is 6.49. The minimum atomic E-state index is -0.0709. The van der Waals surface area contributed by atoms with Gasteiger partial charge >= 0.3 is 0 Å². The number of aliphatic hydroxyl groups excluding tert-OH is 1. The van der Waals surface area contributed by atoms with Crippen molar-refractivity contribution in [1.82, 2.24) is 15.1 Å². The average Bonchev–Trinajstić information content (AvgIpc) is 3.26. The third-order valence-corrected chi connectivity index (χ3v) is 4.62. The summed E-state index contributed by atoms with van der Waals surface area (Å²) in [4.78, 5) is 21.1. The number of nitrogens with one attached hydrogen (secondary N) is 1. The monoisotopic (exact) mass is 370 g/mol. The number of aliphatic hydroxyl groups is 1. The van der Waals surface area contributed by atoms with E-state index in [1.54, 1.807) is 17.0 Å². The highest BCUT2D eigenvalue weighted by atomic mass is 16.3. The summed E-state index contributed by atoms with van der Waals surface area (Å²) in [5, 5.41) is 12.8. The molecule has 1 amide bonds. The second-order valence-electron chi connectivity index (χ2n) is 6.35. The molecule has 2 aromatic rings. The molecular weight excluding hydrogens is 344 g/mol. The van der Waals surface area contributed by atoms with Crippen LogP contribution in [0.3, 0.4) is 0 Å². The van der Waals surface area contributed by atoms with Crippen molar-refractivity contribution in [2.24, 2.45) is 4.99 Å². The Hall–Kier alpha value is -2.80. The van der Waals surface area contributed by atoms with Crippen molar-refractivity contribution in [2.75, 3.05) is 32.7 Å². The predicted molar refractivity (Wildman–Crippen MR) is 103 cm³/mol. The number of nitrogens with zero attached hydrogens (tertiary/aromatic N) is 3. The van der Waals surface area contributed by atoms with Gasteiger partial charge in [-0.2, -0.15) is 0 Å². The number of guanidine groups is 1. The molecule has 0 bridgehead atoms. The largest absolute Gasteiger partial charge is 0.459 e. The Bertz CT molecular complexity index is 765. The zero-order chi connectivity index (χ0) is 19.1. The molecule has 144 valence electrons. The molecule has 1 aliphatic rings. The Balaban J connectivity index is 1.63. The molecule has 0 radical (unpaired) electrons. The number of aliphatic imine (C=N–C) groups is 1. The van der Waals surface area contributed by atoms with Gasteiger partial charge in [-0.25, -0.2) is 4.99 Å². The molecule has 1 aromatic carbocycles. The molecular formula is C20H26N4O3. The van der Waals surface area contributed by atoms with Gasteiger partial charge in [0.25, 0.3) is 5.91 Å². The lowest BCUT2D eigenvalue weighted by molar-refractivity contribution is 0.0657. The fourth-order valence-corrected chi connectivity index (χ4v) is 3.13. The number of furan rings is 1. The van der Waals surface area contributed by atoms with Crippen LogP contribution in [0.4, 0.5) is 0 Å². The molecule has 1 fully saturated rings. The zero-order valence-electron chi connectivity index (χ0n) is 15.6. The minimum absolute atomic E-state index is 0.00972. The van der Waals surface area contributed by atoms with Crippen LogP contribution in [0.5, 0.6) is 0 Å². The maximum absolute atomic E-state index is 12.4. The van der Waals surface area contributed by atoms with Crippen LogP contribution in [-0.2, 0) is 13.2 Å². The molecule has 0 spiro atoms. The van der Waals surface area contributed by atoms with Gasteiger partial charge in [0.1, 0.15) is 0 Å². The maximum Gasteiger partial charge on any atom is 0.289 e. The number of benzene rings is 1. The number of rotatable bonds is 5. The van der Waals surface area contributed by atoms with Gasteiger partial charge in [0.05, 0.1) is 19.4 Å². The summed E-state index contributed by atoms with van der Waals surface area (Å²) in [5.74, 6) is 1.14. The van der Waals surface area contributed by atoms with E-state index < -0.39 is 0 Å². The maximum atomic E-state index is 12.4. The fourth-order valence-electron chi connectivity index (χ4n) is 3.13. The van der Waals surface area contributed by atoms with Crippen LogP contribution in [-0.4, -0.2) is 59.5 Å². The highest BCUT2D eigenvalue weighted by molar-refractivity contribution is 5.91. The molecule has 0 unspecified atom stereocenters. The van der Waals surface area contributed by atoms with E-state index in [0.717, 1.165) is 23.6 Å². The van der Waals surface area contributed by atoms with Crippen LogP contribution in [0.15, 0.2) is 52.1 Å². The van der Waals surface area contributed by atoms with Crippen molar-refractivity contribution in [1.29, 1.82) is 0 Å². The van der Waals surface area contributed by atoms with Crippen molar-refractivity contribution in [3.8, 4) is 0 Å². The quantitative estimate of drug-likeness (QED) is 0.618. The van der Waals surface area contributed by atoms with E-state index in [-0.39, 0.29) is 12.5 Å². The van der Waals surface area contributed by atoms with Gasteiger partial charge in [0, 0.05) is 32.7 Å². The molecule has 0 aliphatic carbocycles. The second-order valence-corrected chi connectivity index (χ2v) is 6.35. The van der Waals surface area contributed by atoms with E-state index in [0.29, 0.717) is 38.5 Å². The normalized spacial score (nSPS) is 15.1. The van der Waals surface area contributed by atoms with Gasteiger partial charge in [-0.3, -0.25) is 4.79 Å². The fraction of sp³-hybridized carbons (Fsp3) is 0.400. The topological polar surface area (TPSA) is 81.3 Å². The number of hydrogen-bond donors (Lipinski definition) is 2. The van der Waals surface area contributed by atoms with Crippen LogP contribution in [0.1, 0.15) is 28.6 Å². The van der Waals surface area contributed by atoms with Crippen LogP contribution in [0.25, 0.3) is 0 Å². The predicted octanol–water partition coefficient (Wildman–Crippen LogP) is 1.70. The summed E-state index contributed by atoms with van der Waals surface area (Å²) < 4.78 is 5.21. The first kappa shape index (κ1) is 19.0. The highest BCUT2D eigenvalue weighted by Gasteiger charge is 2.25. The molecule has 0 saturated carbocycles. The average molecular weight is 370 g/mol. The summed E-state index contributed by atoms with van der Waals surface area (Å²) >= 11 is 0. The van der Waals surface area contributed by atoms with Crippen molar-refractivity contribution < 1.29 is 14.3 Å². The van der Waals surface area contributed by atoms with Crippen molar-refractivity contribution in [3.05, 3.63) is 59.5 Å². The third-order valence-electron chi connectivity index (χ3n) is 4.62. The van der Waals surface area contributed by atoms with Gasteiger partial charge in [-0.1, -0.05) is 24.3 Å². The first-order valence-electron chi connectivity index (χ1n) is 9.26. The molecule has 2 N–H and O–H groups in total. The number of amides is 1. The number of carbonyl (C=O) groups excluding carboxylic acids is 1. The van der Waals surface area contributed by atoms with E-state index >= 15 is 0 Å². The summed E-state index contributed by atoms with van der Waals surface area (Å²) in [6, 6.07) is 11.2. The molecule has 2 heterocycles. The molecule has 7 nitrogen and oxygen atoms in total. The third kappa shape index (κ3) is 4.68. The second kappa shape index (κ2) is 9.23.